The van der Waals surface area contributed by atoms with E-state index in [9.17, 15) is 0 Å². The van der Waals surface area contributed by atoms with Crippen LogP contribution in [-0.2, 0) is 6.54 Å². The number of nitrogens with zero attached hydrogens (tertiary/aromatic N) is 1. The van der Waals surface area contributed by atoms with Gasteiger partial charge in [-0.2, -0.15) is 0 Å². The Morgan fingerprint density at radius 2 is 2.25 bits per heavy atom. The largest absolute Gasteiger partial charge is 0.496 e. The van der Waals surface area contributed by atoms with Crippen LogP contribution in [0.1, 0.15) is 11.3 Å². The second-order valence-electron chi connectivity index (χ2n) is 3.55. The molecule has 16 heavy (non-hydrogen) atoms. The van der Waals surface area contributed by atoms with Crippen LogP contribution in [0.4, 0.5) is 0 Å². The van der Waals surface area contributed by atoms with Crippen LogP contribution in [0.25, 0.3) is 11.5 Å². The fourth-order valence-electron chi connectivity index (χ4n) is 1.51. The van der Waals surface area contributed by atoms with Gasteiger partial charge in [-0.05, 0) is 19.1 Å². The van der Waals surface area contributed by atoms with Gasteiger partial charge in [0.2, 0.25) is 5.89 Å². The molecule has 1 aromatic heterocycles. The molecular formula is C12H14N2O2. The maximum absolute atomic E-state index is 5.49. The van der Waals surface area contributed by atoms with E-state index in [0.29, 0.717) is 12.4 Å². The average molecular weight is 218 g/mol. The molecule has 4 heteroatoms. The van der Waals surface area contributed by atoms with E-state index in [4.69, 9.17) is 14.9 Å². The summed E-state index contributed by atoms with van der Waals surface area (Å²) in [7, 11) is 1.63. The Bertz CT molecular complexity index is 492. The molecule has 0 saturated heterocycles. The zero-order chi connectivity index (χ0) is 11.5. The Morgan fingerprint density at radius 3 is 2.88 bits per heavy atom. The van der Waals surface area contributed by atoms with Crippen molar-refractivity contribution in [3.8, 4) is 17.2 Å². The van der Waals surface area contributed by atoms with Gasteiger partial charge in [0.15, 0.2) is 0 Å². The van der Waals surface area contributed by atoms with E-state index in [1.165, 1.54) is 0 Å². The highest BCUT2D eigenvalue weighted by Crippen LogP contribution is 2.30. The molecule has 0 radical (unpaired) electrons. The maximum atomic E-state index is 5.49. The predicted molar refractivity (Wildman–Crippen MR) is 61.1 cm³/mol. The van der Waals surface area contributed by atoms with E-state index in [0.717, 1.165) is 22.6 Å². The lowest BCUT2D eigenvalue weighted by atomic mass is 10.1. The summed E-state index contributed by atoms with van der Waals surface area (Å²) in [5.41, 5.74) is 8.20. The van der Waals surface area contributed by atoms with Gasteiger partial charge in [0.25, 0.3) is 0 Å². The molecule has 0 aliphatic heterocycles. The number of rotatable bonds is 3. The van der Waals surface area contributed by atoms with Crippen molar-refractivity contribution in [3.63, 3.8) is 0 Å². The van der Waals surface area contributed by atoms with Crippen molar-refractivity contribution in [1.82, 2.24) is 4.98 Å². The monoisotopic (exact) mass is 218 g/mol. The minimum Gasteiger partial charge on any atom is -0.496 e. The van der Waals surface area contributed by atoms with Crippen LogP contribution < -0.4 is 10.5 Å². The molecule has 0 fully saturated rings. The second kappa shape index (κ2) is 4.37. The summed E-state index contributed by atoms with van der Waals surface area (Å²) in [6.45, 7) is 2.38. The molecule has 1 aromatic carbocycles. The van der Waals surface area contributed by atoms with Gasteiger partial charge in [-0.3, -0.25) is 0 Å². The highest BCUT2D eigenvalue weighted by atomic mass is 16.5. The van der Waals surface area contributed by atoms with Crippen LogP contribution in [0.5, 0.6) is 5.75 Å². The van der Waals surface area contributed by atoms with Crippen LogP contribution >= 0.6 is 0 Å². The molecule has 0 saturated carbocycles. The van der Waals surface area contributed by atoms with Gasteiger partial charge in [0, 0.05) is 6.54 Å². The van der Waals surface area contributed by atoms with E-state index < -0.39 is 0 Å². The third kappa shape index (κ3) is 1.92. The van der Waals surface area contributed by atoms with E-state index in [1.807, 2.05) is 25.1 Å². The highest BCUT2D eigenvalue weighted by molar-refractivity contribution is 5.63. The minimum absolute atomic E-state index is 0.373. The molecule has 0 spiro atoms. The van der Waals surface area contributed by atoms with Crippen molar-refractivity contribution in [2.24, 2.45) is 5.73 Å². The number of ether oxygens (including phenoxy) is 1. The lowest BCUT2D eigenvalue weighted by Crippen LogP contribution is -1.96. The molecule has 0 unspecified atom stereocenters. The summed E-state index contributed by atoms with van der Waals surface area (Å²) < 4.78 is 10.6. The smallest absolute Gasteiger partial charge is 0.229 e. The average Bonchev–Trinajstić information content (AvgIpc) is 2.77. The number of aromatic nitrogens is 1. The zero-order valence-electron chi connectivity index (χ0n) is 9.36. The van der Waals surface area contributed by atoms with Crippen molar-refractivity contribution >= 4 is 0 Å². The Labute approximate surface area is 94.1 Å². The molecule has 84 valence electrons. The number of hydrogen-bond donors (Lipinski definition) is 1. The molecular weight excluding hydrogens is 204 g/mol. The molecule has 0 aliphatic rings. The quantitative estimate of drug-likeness (QED) is 0.857. The van der Waals surface area contributed by atoms with Gasteiger partial charge < -0.3 is 14.9 Å². The van der Waals surface area contributed by atoms with Crippen molar-refractivity contribution in [1.29, 1.82) is 0 Å². The SMILES string of the molecule is COc1ccc(C)cc1-c1nc(CN)co1. The summed E-state index contributed by atoms with van der Waals surface area (Å²) >= 11 is 0. The van der Waals surface area contributed by atoms with E-state index in [2.05, 4.69) is 4.98 Å². The summed E-state index contributed by atoms with van der Waals surface area (Å²) in [4.78, 5) is 4.28. The third-order valence-corrected chi connectivity index (χ3v) is 2.35. The molecule has 4 nitrogen and oxygen atoms in total. The summed E-state index contributed by atoms with van der Waals surface area (Å²) in [5, 5.41) is 0. The summed E-state index contributed by atoms with van der Waals surface area (Å²) in [6, 6.07) is 5.86. The lowest BCUT2D eigenvalue weighted by molar-refractivity contribution is 0.414. The first-order valence-corrected chi connectivity index (χ1v) is 5.04. The summed E-state index contributed by atoms with van der Waals surface area (Å²) in [6.07, 6.45) is 1.57. The maximum Gasteiger partial charge on any atom is 0.229 e. The van der Waals surface area contributed by atoms with Crippen LogP contribution in [0, 0.1) is 6.92 Å². The molecule has 0 atom stereocenters. The second-order valence-corrected chi connectivity index (χ2v) is 3.55. The normalized spacial score (nSPS) is 10.4. The molecule has 0 amide bonds. The molecule has 1 heterocycles. The summed E-state index contributed by atoms with van der Waals surface area (Å²) in [5.74, 6) is 1.29. The number of nitrogens with two attached hydrogens (primary N) is 1. The first-order valence-electron chi connectivity index (χ1n) is 5.04. The van der Waals surface area contributed by atoms with Gasteiger partial charge >= 0.3 is 0 Å². The lowest BCUT2D eigenvalue weighted by Gasteiger charge is -2.05. The van der Waals surface area contributed by atoms with Crippen LogP contribution in [0.3, 0.4) is 0 Å². The molecule has 2 N–H and O–H groups in total. The van der Waals surface area contributed by atoms with Gasteiger partial charge in [-0.25, -0.2) is 4.98 Å². The van der Waals surface area contributed by atoms with Gasteiger partial charge in [-0.1, -0.05) is 11.6 Å². The molecule has 2 rings (SSSR count). The van der Waals surface area contributed by atoms with Crippen molar-refractivity contribution in [2.75, 3.05) is 7.11 Å². The standard InChI is InChI=1S/C12H14N2O2/c1-8-3-4-11(15-2)10(5-8)12-14-9(6-13)7-16-12/h3-5,7H,6,13H2,1-2H3. The third-order valence-electron chi connectivity index (χ3n) is 2.35. The number of methoxy groups -OCH3 is 1. The van der Waals surface area contributed by atoms with E-state index >= 15 is 0 Å². The Morgan fingerprint density at radius 1 is 1.44 bits per heavy atom. The van der Waals surface area contributed by atoms with Crippen LogP contribution in [0.15, 0.2) is 28.9 Å². The minimum atomic E-state index is 0.373. The molecule has 0 aliphatic carbocycles. The Hall–Kier alpha value is -1.81. The topological polar surface area (TPSA) is 61.3 Å². The van der Waals surface area contributed by atoms with Crippen LogP contribution in [0.2, 0.25) is 0 Å². The Balaban J connectivity index is 2.49. The predicted octanol–water partition coefficient (Wildman–Crippen LogP) is 2.12. The first kappa shape index (κ1) is 10.7. The van der Waals surface area contributed by atoms with Crippen LogP contribution in [-0.4, -0.2) is 12.1 Å². The first-order chi connectivity index (χ1) is 7.74. The van der Waals surface area contributed by atoms with Crippen molar-refractivity contribution in [3.05, 3.63) is 35.7 Å². The molecule has 2 aromatic rings. The fraction of sp³-hybridized carbons (Fsp3) is 0.250. The van der Waals surface area contributed by atoms with Gasteiger partial charge in [0.1, 0.15) is 12.0 Å². The van der Waals surface area contributed by atoms with E-state index in [-0.39, 0.29) is 0 Å². The molecule has 0 bridgehead atoms. The number of hydrogen-bond acceptors (Lipinski definition) is 4. The van der Waals surface area contributed by atoms with Gasteiger partial charge in [-0.15, -0.1) is 0 Å². The number of aryl methyl sites for hydroxylation is 1. The van der Waals surface area contributed by atoms with E-state index in [1.54, 1.807) is 13.4 Å². The zero-order valence-corrected chi connectivity index (χ0v) is 9.36. The Kier molecular flexibility index (Phi) is 2.92. The van der Waals surface area contributed by atoms with Crippen molar-refractivity contribution in [2.45, 2.75) is 13.5 Å². The number of benzene rings is 1. The van der Waals surface area contributed by atoms with Gasteiger partial charge in [0.05, 0.1) is 18.4 Å². The fourth-order valence-corrected chi connectivity index (χ4v) is 1.51. The van der Waals surface area contributed by atoms with Crippen molar-refractivity contribution < 1.29 is 9.15 Å². The number of oxazole rings is 1. The highest BCUT2D eigenvalue weighted by Gasteiger charge is 2.11.